The first-order valence-corrected chi connectivity index (χ1v) is 5.73. The van der Waals surface area contributed by atoms with Crippen LogP contribution in [-0.2, 0) is 0 Å². The lowest BCUT2D eigenvalue weighted by Crippen LogP contribution is -2.20. The third-order valence-electron chi connectivity index (χ3n) is 2.41. The fraction of sp³-hybridized carbons (Fsp3) is 0.833. The van der Waals surface area contributed by atoms with Gasteiger partial charge in [-0.2, -0.15) is 10.5 Å². The van der Waals surface area contributed by atoms with Crippen molar-refractivity contribution in [2.24, 2.45) is 0 Å². The van der Waals surface area contributed by atoms with Crippen LogP contribution in [0.1, 0.15) is 44.9 Å². The minimum atomic E-state index is 0.677. The van der Waals surface area contributed by atoms with Crippen LogP contribution in [0.5, 0.6) is 0 Å². The molecule has 0 unspecified atom stereocenters. The fourth-order valence-electron chi connectivity index (χ4n) is 1.46. The van der Waals surface area contributed by atoms with Gasteiger partial charge < -0.3 is 4.90 Å². The summed E-state index contributed by atoms with van der Waals surface area (Å²) in [6, 6.07) is 4.32. The minimum Gasteiger partial charge on any atom is -0.306 e. The first-order chi connectivity index (χ1) is 7.31. The van der Waals surface area contributed by atoms with Gasteiger partial charge in [0.25, 0.3) is 0 Å². The summed E-state index contributed by atoms with van der Waals surface area (Å²) in [4.78, 5) is 2.31. The molecule has 3 heteroatoms. The van der Waals surface area contributed by atoms with Gasteiger partial charge in [0.2, 0.25) is 0 Å². The van der Waals surface area contributed by atoms with Crippen molar-refractivity contribution in [3.63, 3.8) is 0 Å². The largest absolute Gasteiger partial charge is 0.306 e. The standard InChI is InChI=1S/C12H21N3/c1-15(12-8-4-6-10-14)11-7-3-2-5-9-13/h2-8,11-12H2,1H3. The molecule has 0 radical (unpaired) electrons. The fourth-order valence-corrected chi connectivity index (χ4v) is 1.46. The van der Waals surface area contributed by atoms with Gasteiger partial charge in [0.05, 0.1) is 12.1 Å². The van der Waals surface area contributed by atoms with E-state index in [2.05, 4.69) is 24.1 Å². The van der Waals surface area contributed by atoms with Crippen LogP contribution >= 0.6 is 0 Å². The number of nitrogens with zero attached hydrogens (tertiary/aromatic N) is 3. The highest BCUT2D eigenvalue weighted by atomic mass is 15.1. The van der Waals surface area contributed by atoms with Crippen LogP contribution < -0.4 is 0 Å². The van der Waals surface area contributed by atoms with Gasteiger partial charge in [-0.1, -0.05) is 6.42 Å². The monoisotopic (exact) mass is 207 g/mol. The normalized spacial score (nSPS) is 9.87. The van der Waals surface area contributed by atoms with Gasteiger partial charge in [-0.25, -0.2) is 0 Å². The number of nitriles is 2. The average Bonchev–Trinajstić information content (AvgIpc) is 2.24. The molecule has 15 heavy (non-hydrogen) atoms. The Hall–Kier alpha value is -1.06. The van der Waals surface area contributed by atoms with Gasteiger partial charge in [-0.3, -0.25) is 0 Å². The molecule has 0 atom stereocenters. The highest BCUT2D eigenvalue weighted by Crippen LogP contribution is 2.02. The van der Waals surface area contributed by atoms with E-state index in [0.29, 0.717) is 12.8 Å². The van der Waals surface area contributed by atoms with Crippen LogP contribution in [0.3, 0.4) is 0 Å². The van der Waals surface area contributed by atoms with Gasteiger partial charge in [0.1, 0.15) is 0 Å². The second kappa shape index (κ2) is 11.0. The molecule has 0 aromatic heterocycles. The molecule has 0 bridgehead atoms. The van der Waals surface area contributed by atoms with E-state index < -0.39 is 0 Å². The first-order valence-electron chi connectivity index (χ1n) is 5.73. The Morgan fingerprint density at radius 2 is 1.27 bits per heavy atom. The summed E-state index contributed by atoms with van der Waals surface area (Å²) in [5.41, 5.74) is 0. The maximum absolute atomic E-state index is 8.37. The van der Waals surface area contributed by atoms with E-state index in [1.165, 1.54) is 6.42 Å². The van der Waals surface area contributed by atoms with Crippen LogP contribution in [0, 0.1) is 22.7 Å². The molecule has 0 fully saturated rings. The number of hydrogen-bond acceptors (Lipinski definition) is 3. The van der Waals surface area contributed by atoms with Crippen LogP contribution in [0.25, 0.3) is 0 Å². The molecule has 0 aromatic carbocycles. The van der Waals surface area contributed by atoms with Gasteiger partial charge in [-0.05, 0) is 45.8 Å². The van der Waals surface area contributed by atoms with Crippen molar-refractivity contribution in [3.05, 3.63) is 0 Å². The topological polar surface area (TPSA) is 50.8 Å². The molecule has 0 saturated heterocycles. The molecule has 0 aromatic rings. The van der Waals surface area contributed by atoms with Crippen molar-refractivity contribution in [2.45, 2.75) is 44.9 Å². The van der Waals surface area contributed by atoms with Crippen molar-refractivity contribution in [1.29, 1.82) is 10.5 Å². The summed E-state index contributed by atoms with van der Waals surface area (Å²) in [6.07, 6.45) is 6.84. The van der Waals surface area contributed by atoms with E-state index in [1.54, 1.807) is 0 Å². The predicted octanol–water partition coefficient (Wildman–Crippen LogP) is 2.70. The quantitative estimate of drug-likeness (QED) is 0.546. The summed E-state index contributed by atoms with van der Waals surface area (Å²) >= 11 is 0. The third kappa shape index (κ3) is 10.9. The molecule has 0 N–H and O–H groups in total. The minimum absolute atomic E-state index is 0.677. The van der Waals surface area contributed by atoms with Crippen molar-refractivity contribution in [1.82, 2.24) is 4.90 Å². The Morgan fingerprint density at radius 1 is 0.800 bits per heavy atom. The molecule has 0 aliphatic heterocycles. The van der Waals surface area contributed by atoms with E-state index >= 15 is 0 Å². The molecule has 0 heterocycles. The van der Waals surface area contributed by atoms with Gasteiger partial charge in [0.15, 0.2) is 0 Å². The number of hydrogen-bond donors (Lipinski definition) is 0. The van der Waals surface area contributed by atoms with Gasteiger partial charge in [0, 0.05) is 12.8 Å². The smallest absolute Gasteiger partial charge is 0.0621 e. The SMILES string of the molecule is CN(CCCCC#N)CCCCCC#N. The van der Waals surface area contributed by atoms with Gasteiger partial charge >= 0.3 is 0 Å². The van der Waals surface area contributed by atoms with Crippen LogP contribution in [0.15, 0.2) is 0 Å². The van der Waals surface area contributed by atoms with E-state index in [4.69, 9.17) is 10.5 Å². The number of rotatable bonds is 9. The van der Waals surface area contributed by atoms with Crippen molar-refractivity contribution in [3.8, 4) is 12.1 Å². The Balaban J connectivity index is 3.16. The lowest BCUT2D eigenvalue weighted by Gasteiger charge is -2.15. The van der Waals surface area contributed by atoms with E-state index in [9.17, 15) is 0 Å². The molecule has 0 rings (SSSR count). The van der Waals surface area contributed by atoms with Crippen molar-refractivity contribution < 1.29 is 0 Å². The molecule has 0 aliphatic rings. The van der Waals surface area contributed by atoms with E-state index in [1.807, 2.05) is 0 Å². The van der Waals surface area contributed by atoms with E-state index in [0.717, 1.165) is 38.8 Å². The maximum atomic E-state index is 8.37. The second-order valence-electron chi connectivity index (χ2n) is 3.89. The zero-order valence-corrected chi connectivity index (χ0v) is 9.71. The van der Waals surface area contributed by atoms with Gasteiger partial charge in [-0.15, -0.1) is 0 Å². The summed E-state index contributed by atoms with van der Waals surface area (Å²) in [7, 11) is 2.12. The molecular formula is C12H21N3. The summed E-state index contributed by atoms with van der Waals surface area (Å²) in [5.74, 6) is 0. The summed E-state index contributed by atoms with van der Waals surface area (Å²) in [5, 5.41) is 16.7. The molecule has 0 aliphatic carbocycles. The highest BCUT2D eigenvalue weighted by Gasteiger charge is 1.97. The highest BCUT2D eigenvalue weighted by molar-refractivity contribution is 4.69. The second-order valence-corrected chi connectivity index (χ2v) is 3.89. The third-order valence-corrected chi connectivity index (χ3v) is 2.41. The zero-order valence-electron chi connectivity index (χ0n) is 9.71. The first kappa shape index (κ1) is 13.9. The Morgan fingerprint density at radius 3 is 1.80 bits per heavy atom. The number of unbranched alkanes of at least 4 members (excludes halogenated alkanes) is 5. The van der Waals surface area contributed by atoms with E-state index in [-0.39, 0.29) is 0 Å². The molecule has 3 nitrogen and oxygen atoms in total. The molecular weight excluding hydrogens is 186 g/mol. The summed E-state index contributed by atoms with van der Waals surface area (Å²) < 4.78 is 0. The van der Waals surface area contributed by atoms with Crippen LogP contribution in [0.4, 0.5) is 0 Å². The molecule has 0 amide bonds. The molecule has 0 saturated carbocycles. The predicted molar refractivity (Wildman–Crippen MR) is 61.0 cm³/mol. The average molecular weight is 207 g/mol. The van der Waals surface area contributed by atoms with Crippen molar-refractivity contribution in [2.75, 3.05) is 20.1 Å². The zero-order chi connectivity index (χ0) is 11.4. The maximum Gasteiger partial charge on any atom is 0.0621 e. The molecule has 0 spiro atoms. The lowest BCUT2D eigenvalue weighted by atomic mass is 10.2. The Bertz CT molecular complexity index is 212. The van der Waals surface area contributed by atoms with Crippen molar-refractivity contribution >= 4 is 0 Å². The summed E-state index contributed by atoms with van der Waals surface area (Å²) in [6.45, 7) is 2.19. The Kier molecular flexibility index (Phi) is 10.2. The van der Waals surface area contributed by atoms with Crippen LogP contribution in [-0.4, -0.2) is 25.0 Å². The van der Waals surface area contributed by atoms with Crippen LogP contribution in [0.2, 0.25) is 0 Å². The Labute approximate surface area is 93.3 Å². The molecule has 84 valence electrons. The lowest BCUT2D eigenvalue weighted by molar-refractivity contribution is 0.318.